The van der Waals surface area contributed by atoms with Gasteiger partial charge in [0.15, 0.2) is 0 Å². The van der Waals surface area contributed by atoms with Crippen molar-refractivity contribution >= 4 is 23.3 Å². The fourth-order valence-electron chi connectivity index (χ4n) is 0.748. The number of nitrogens with zero attached hydrogens (tertiary/aromatic N) is 5. The second kappa shape index (κ2) is 11.2. The predicted octanol–water partition coefficient (Wildman–Crippen LogP) is -1.39. The lowest BCUT2D eigenvalue weighted by Gasteiger charge is -1.97. The molecule has 0 radical (unpaired) electrons. The minimum absolute atomic E-state index is 0.0646. The molecule has 0 amide bonds. The van der Waals surface area contributed by atoms with Crippen molar-refractivity contribution in [3.8, 4) is 0 Å². The molecule has 0 heterocycles. The van der Waals surface area contributed by atoms with Crippen LogP contribution in [0.4, 0.5) is 0 Å². The highest BCUT2D eigenvalue weighted by Crippen LogP contribution is 1.97. The maximum Gasteiger partial charge on any atom is 0.472 e. The Morgan fingerprint density at radius 2 is 1.10 bits per heavy atom. The lowest BCUT2D eigenvalue weighted by molar-refractivity contribution is -0.969. The summed E-state index contributed by atoms with van der Waals surface area (Å²) in [7, 11) is 0. The van der Waals surface area contributed by atoms with Crippen LogP contribution in [0.15, 0.2) is 20.4 Å². The van der Waals surface area contributed by atoms with Crippen molar-refractivity contribution in [2.45, 2.75) is 26.7 Å². The second-order valence-corrected chi connectivity index (χ2v) is 3.47. The van der Waals surface area contributed by atoms with Crippen LogP contribution in [0.25, 0.3) is 0 Å². The fourth-order valence-corrected chi connectivity index (χ4v) is 0.748. The van der Waals surface area contributed by atoms with Crippen LogP contribution in [0.3, 0.4) is 0 Å². The zero-order chi connectivity index (χ0) is 16.1. The standard InChI is InChI=1S/C8H18N8.H2NO3/c1-5(13-15-7(9)10)3-4-6(2)14-16-8(11)12;2-1(3)4/h3-4H2,1-2H3,(H4,9,10,15)(H4,11,12,16);(H2,2,3,4)/q;+1/b13-5+,14-6+;. The van der Waals surface area contributed by atoms with E-state index in [1.807, 2.05) is 13.8 Å². The Hall–Kier alpha value is -2.92. The van der Waals surface area contributed by atoms with Crippen molar-refractivity contribution in [1.29, 1.82) is 0 Å². The van der Waals surface area contributed by atoms with E-state index >= 15 is 0 Å². The van der Waals surface area contributed by atoms with E-state index in [2.05, 4.69) is 20.4 Å². The van der Waals surface area contributed by atoms with E-state index in [-0.39, 0.29) is 11.9 Å². The molecule has 0 aliphatic carbocycles. The smallest absolute Gasteiger partial charge is 0.369 e. The zero-order valence-electron chi connectivity index (χ0n) is 11.3. The van der Waals surface area contributed by atoms with E-state index < -0.39 is 5.09 Å². The first-order valence-electron chi connectivity index (χ1n) is 5.24. The van der Waals surface area contributed by atoms with Crippen LogP contribution in [-0.2, 0) is 0 Å². The van der Waals surface area contributed by atoms with Gasteiger partial charge in [-0.2, -0.15) is 10.2 Å². The van der Waals surface area contributed by atoms with Gasteiger partial charge in [-0.05, 0) is 26.7 Å². The van der Waals surface area contributed by atoms with Gasteiger partial charge in [0, 0.05) is 11.4 Å². The minimum atomic E-state index is -1.25. The molecule has 0 saturated heterocycles. The number of guanidine groups is 2. The van der Waals surface area contributed by atoms with E-state index in [4.69, 9.17) is 38.3 Å². The topological polar surface area (TPSA) is 214 Å². The third-order valence-corrected chi connectivity index (χ3v) is 1.52. The Bertz CT molecular complexity index is 381. The number of nitrogens with two attached hydrogens (primary N) is 4. The molecule has 0 bridgehead atoms. The van der Waals surface area contributed by atoms with Crippen molar-refractivity contribution in [1.82, 2.24) is 0 Å². The summed E-state index contributed by atoms with van der Waals surface area (Å²) in [6.45, 7) is 3.64. The van der Waals surface area contributed by atoms with E-state index in [1.165, 1.54) is 0 Å². The van der Waals surface area contributed by atoms with Gasteiger partial charge in [0.1, 0.15) is 4.91 Å². The van der Waals surface area contributed by atoms with Gasteiger partial charge in [-0.3, -0.25) is 0 Å². The average Bonchev–Trinajstić information content (AvgIpc) is 2.30. The molecule has 0 aromatic heterocycles. The molecule has 0 aromatic carbocycles. The monoisotopic (exact) mass is 290 g/mol. The summed E-state index contributed by atoms with van der Waals surface area (Å²) in [5.74, 6) is -0.129. The Morgan fingerprint density at radius 3 is 1.30 bits per heavy atom. The fraction of sp³-hybridized carbons (Fsp3) is 0.500. The summed E-state index contributed by atoms with van der Waals surface area (Å²) in [6.07, 6.45) is 1.37. The molecular formula is C8H20N9O3+. The summed E-state index contributed by atoms with van der Waals surface area (Å²) in [4.78, 5) is 8.47. The summed E-state index contributed by atoms with van der Waals surface area (Å²) < 4.78 is 0. The van der Waals surface area contributed by atoms with Crippen LogP contribution in [0.1, 0.15) is 26.7 Å². The third-order valence-electron chi connectivity index (χ3n) is 1.52. The summed E-state index contributed by atoms with van der Waals surface area (Å²) in [5, 5.41) is 27.2. The SMILES string of the molecule is C/C(CC/C(C)=N/N=C(N)N)=N\N=C(N)N.O=[N+](O)O. The second-order valence-electron chi connectivity index (χ2n) is 3.47. The third kappa shape index (κ3) is 20.5. The minimum Gasteiger partial charge on any atom is -0.369 e. The Morgan fingerprint density at radius 1 is 0.850 bits per heavy atom. The maximum absolute atomic E-state index is 8.47. The zero-order valence-corrected chi connectivity index (χ0v) is 11.3. The number of hydrogen-bond donors (Lipinski definition) is 6. The number of rotatable bonds is 5. The van der Waals surface area contributed by atoms with E-state index in [9.17, 15) is 0 Å². The Labute approximate surface area is 115 Å². The molecule has 0 atom stereocenters. The van der Waals surface area contributed by atoms with Crippen molar-refractivity contribution < 1.29 is 15.5 Å². The van der Waals surface area contributed by atoms with Gasteiger partial charge in [-0.1, -0.05) is 0 Å². The summed E-state index contributed by atoms with van der Waals surface area (Å²) >= 11 is 0. The molecular weight excluding hydrogens is 270 g/mol. The summed E-state index contributed by atoms with van der Waals surface area (Å²) in [5.41, 5.74) is 22.1. The highest BCUT2D eigenvalue weighted by atomic mass is 16.9. The van der Waals surface area contributed by atoms with E-state index in [0.29, 0.717) is 12.8 Å². The molecule has 20 heavy (non-hydrogen) atoms. The van der Waals surface area contributed by atoms with Crippen LogP contribution in [0, 0.1) is 4.91 Å². The van der Waals surface area contributed by atoms with Gasteiger partial charge in [-0.15, -0.1) is 10.2 Å². The maximum atomic E-state index is 8.47. The van der Waals surface area contributed by atoms with Crippen LogP contribution in [-0.4, -0.2) is 38.8 Å². The van der Waals surface area contributed by atoms with Gasteiger partial charge >= 0.3 is 5.09 Å². The molecule has 0 aliphatic heterocycles. The Balaban J connectivity index is 0. The molecule has 0 aromatic rings. The lowest BCUT2D eigenvalue weighted by atomic mass is 10.2. The molecule has 0 saturated carbocycles. The van der Waals surface area contributed by atoms with Gasteiger partial charge in [-0.25, -0.2) is 10.4 Å². The largest absolute Gasteiger partial charge is 0.472 e. The molecule has 12 nitrogen and oxygen atoms in total. The molecule has 0 aliphatic rings. The molecule has 10 N–H and O–H groups in total. The molecule has 0 unspecified atom stereocenters. The quantitative estimate of drug-likeness (QED) is 0.202. The first-order valence-corrected chi connectivity index (χ1v) is 5.24. The van der Waals surface area contributed by atoms with Crippen molar-refractivity contribution in [3.05, 3.63) is 4.91 Å². The van der Waals surface area contributed by atoms with E-state index in [0.717, 1.165) is 11.4 Å². The van der Waals surface area contributed by atoms with Crippen molar-refractivity contribution in [2.75, 3.05) is 0 Å². The molecule has 0 rings (SSSR count). The van der Waals surface area contributed by atoms with Gasteiger partial charge < -0.3 is 22.9 Å². The van der Waals surface area contributed by atoms with Gasteiger partial charge in [0.25, 0.3) is 0 Å². The van der Waals surface area contributed by atoms with Crippen LogP contribution in [0.2, 0.25) is 0 Å². The molecule has 0 spiro atoms. The van der Waals surface area contributed by atoms with Gasteiger partial charge in [0.05, 0.1) is 0 Å². The summed E-state index contributed by atoms with van der Waals surface area (Å²) in [6, 6.07) is 0. The predicted molar refractivity (Wildman–Crippen MR) is 74.3 cm³/mol. The Kier molecular flexibility index (Phi) is 10.9. The highest BCUT2D eigenvalue weighted by Gasteiger charge is 1.95. The van der Waals surface area contributed by atoms with Crippen molar-refractivity contribution in [3.63, 3.8) is 0 Å². The average molecular weight is 290 g/mol. The first kappa shape index (κ1) is 19.4. The van der Waals surface area contributed by atoms with Crippen LogP contribution < -0.4 is 22.9 Å². The molecule has 12 heteroatoms. The van der Waals surface area contributed by atoms with E-state index in [1.54, 1.807) is 0 Å². The number of hydrogen-bond acceptors (Lipinski definition) is 5. The van der Waals surface area contributed by atoms with Crippen LogP contribution in [0.5, 0.6) is 0 Å². The normalized spacial score (nSPS) is 10.9. The molecule has 0 fully saturated rings. The van der Waals surface area contributed by atoms with Gasteiger partial charge in [0.2, 0.25) is 11.9 Å². The lowest BCUT2D eigenvalue weighted by Crippen LogP contribution is -2.22. The van der Waals surface area contributed by atoms with Crippen molar-refractivity contribution in [2.24, 2.45) is 43.3 Å². The highest BCUT2D eigenvalue weighted by molar-refractivity contribution is 5.90. The van der Waals surface area contributed by atoms with Crippen LogP contribution >= 0.6 is 0 Å². The first-order chi connectivity index (χ1) is 9.15. The molecule has 114 valence electrons.